The molecule has 3 heterocycles. The Kier molecular flexibility index (Phi) is 6.15. The van der Waals surface area contributed by atoms with E-state index in [1.807, 2.05) is 13.8 Å². The molecule has 1 amide bonds. The normalized spacial score (nSPS) is 16.2. The monoisotopic (exact) mass is 429 g/mol. The molecule has 3 aromatic rings. The maximum Gasteiger partial charge on any atom is 0.252 e. The van der Waals surface area contributed by atoms with E-state index in [1.165, 1.54) is 6.33 Å². The molecule has 2 aromatic heterocycles. The summed E-state index contributed by atoms with van der Waals surface area (Å²) in [5.74, 6) is 1.02. The Bertz CT molecular complexity index is 1060. The average molecular weight is 430 g/mol. The summed E-state index contributed by atoms with van der Waals surface area (Å²) in [7, 11) is 0. The molecule has 4 rings (SSSR count). The fraction of sp³-hybridized carbons (Fsp3) is 0.429. The van der Waals surface area contributed by atoms with E-state index >= 15 is 0 Å². The first-order valence-electron chi connectivity index (χ1n) is 10.0. The largest absolute Gasteiger partial charge is 0.489 e. The first-order chi connectivity index (χ1) is 14.5. The second-order valence-corrected chi connectivity index (χ2v) is 7.80. The molecule has 0 saturated carbocycles. The third-order valence-corrected chi connectivity index (χ3v) is 5.49. The number of aromatic nitrogens is 4. The van der Waals surface area contributed by atoms with E-state index in [0.717, 1.165) is 36.4 Å². The minimum Gasteiger partial charge on any atom is -0.489 e. The van der Waals surface area contributed by atoms with Crippen molar-refractivity contribution in [2.75, 3.05) is 18.5 Å². The highest BCUT2D eigenvalue weighted by Gasteiger charge is 2.18. The molecule has 1 aliphatic heterocycles. The van der Waals surface area contributed by atoms with Gasteiger partial charge in [0.05, 0.1) is 11.8 Å². The second-order valence-electron chi connectivity index (χ2n) is 7.37. The summed E-state index contributed by atoms with van der Waals surface area (Å²) in [5.41, 5.74) is 3.34. The third-order valence-electron chi connectivity index (χ3n) is 5.26. The van der Waals surface area contributed by atoms with Gasteiger partial charge in [0.25, 0.3) is 5.78 Å². The van der Waals surface area contributed by atoms with Crippen molar-refractivity contribution >= 4 is 29.0 Å². The topological polar surface area (TPSA) is 90.6 Å². The van der Waals surface area contributed by atoms with Gasteiger partial charge in [-0.2, -0.15) is 10.1 Å². The van der Waals surface area contributed by atoms with E-state index in [9.17, 15) is 4.79 Å². The minimum absolute atomic E-state index is 0.0920. The zero-order valence-electron chi connectivity index (χ0n) is 17.0. The number of carbonyl (C=O) groups excluding carboxylic acids is 1. The summed E-state index contributed by atoms with van der Waals surface area (Å²) in [6, 6.07) is 5.21. The molecule has 1 atom stereocenters. The van der Waals surface area contributed by atoms with Gasteiger partial charge in [0.2, 0.25) is 5.91 Å². The standard InChI is InChI=1S/C21H24ClN5O3/c1-13-17(14(2)27-21(25-13)23-12-24-27)6-8-20(28)26-18-10-15(22)5-7-19(18)30-11-16-4-3-9-29-16/h5,7,10,12,16H,3-4,6,8-9,11H2,1-2H3,(H,26,28). The van der Waals surface area contributed by atoms with Gasteiger partial charge in [0.15, 0.2) is 0 Å². The number of ether oxygens (including phenoxy) is 2. The van der Waals surface area contributed by atoms with Gasteiger partial charge in [-0.25, -0.2) is 9.50 Å². The van der Waals surface area contributed by atoms with Crippen LogP contribution in [0.2, 0.25) is 5.02 Å². The van der Waals surface area contributed by atoms with Crippen molar-refractivity contribution < 1.29 is 14.3 Å². The highest BCUT2D eigenvalue weighted by Crippen LogP contribution is 2.29. The van der Waals surface area contributed by atoms with E-state index in [4.69, 9.17) is 21.1 Å². The number of halogens is 1. The SMILES string of the molecule is Cc1nc2ncnn2c(C)c1CCC(=O)Nc1cc(Cl)ccc1OCC1CCCO1. The number of nitrogens with zero attached hydrogens (tertiary/aromatic N) is 4. The molecule has 1 N–H and O–H groups in total. The molecule has 0 spiro atoms. The molecule has 1 aliphatic rings. The second kappa shape index (κ2) is 8.97. The smallest absolute Gasteiger partial charge is 0.252 e. The first kappa shape index (κ1) is 20.6. The molecule has 0 radical (unpaired) electrons. The van der Waals surface area contributed by atoms with Crippen molar-refractivity contribution in [3.63, 3.8) is 0 Å². The predicted octanol–water partition coefficient (Wildman–Crippen LogP) is 3.52. The fourth-order valence-electron chi connectivity index (χ4n) is 3.65. The van der Waals surface area contributed by atoms with Crippen molar-refractivity contribution in [2.45, 2.75) is 45.6 Å². The zero-order chi connectivity index (χ0) is 21.1. The van der Waals surface area contributed by atoms with Crippen LogP contribution >= 0.6 is 11.6 Å². The Morgan fingerprint density at radius 2 is 2.27 bits per heavy atom. The summed E-state index contributed by atoms with van der Waals surface area (Å²) in [6.07, 6.45) is 4.43. The molecule has 8 nitrogen and oxygen atoms in total. The number of hydrogen-bond acceptors (Lipinski definition) is 6. The number of rotatable bonds is 7. The van der Waals surface area contributed by atoms with Crippen LogP contribution in [-0.4, -0.2) is 44.8 Å². The Labute approximate surface area is 179 Å². The van der Waals surface area contributed by atoms with E-state index in [2.05, 4.69) is 20.4 Å². The molecule has 1 fully saturated rings. The lowest BCUT2D eigenvalue weighted by molar-refractivity contribution is -0.116. The van der Waals surface area contributed by atoms with Crippen LogP contribution in [0.4, 0.5) is 5.69 Å². The molecule has 1 unspecified atom stereocenters. The molecule has 0 aliphatic carbocycles. The molecular weight excluding hydrogens is 406 g/mol. The van der Waals surface area contributed by atoms with Crippen LogP contribution in [0.5, 0.6) is 5.75 Å². The minimum atomic E-state index is -0.128. The molecule has 1 saturated heterocycles. The summed E-state index contributed by atoms with van der Waals surface area (Å²) in [4.78, 5) is 21.2. The quantitative estimate of drug-likeness (QED) is 0.617. The highest BCUT2D eigenvalue weighted by atomic mass is 35.5. The molecule has 1 aromatic carbocycles. The molecule has 9 heteroatoms. The highest BCUT2D eigenvalue weighted by molar-refractivity contribution is 6.31. The van der Waals surface area contributed by atoms with E-state index < -0.39 is 0 Å². The van der Waals surface area contributed by atoms with Gasteiger partial charge in [-0.15, -0.1) is 0 Å². The number of nitrogens with one attached hydrogen (secondary N) is 1. The van der Waals surface area contributed by atoms with Gasteiger partial charge in [-0.1, -0.05) is 11.6 Å². The third kappa shape index (κ3) is 4.55. The van der Waals surface area contributed by atoms with Crippen LogP contribution in [-0.2, 0) is 16.0 Å². The van der Waals surface area contributed by atoms with E-state index in [0.29, 0.717) is 41.7 Å². The van der Waals surface area contributed by atoms with Crippen molar-refractivity contribution in [1.82, 2.24) is 19.6 Å². The molecule has 158 valence electrons. The lowest BCUT2D eigenvalue weighted by Gasteiger charge is -2.16. The Morgan fingerprint density at radius 1 is 1.40 bits per heavy atom. The van der Waals surface area contributed by atoms with Gasteiger partial charge in [0, 0.05) is 29.4 Å². The van der Waals surface area contributed by atoms with Gasteiger partial charge in [-0.3, -0.25) is 4.79 Å². The van der Waals surface area contributed by atoms with Crippen LogP contribution in [0.15, 0.2) is 24.5 Å². The fourth-order valence-corrected chi connectivity index (χ4v) is 3.82. The maximum absolute atomic E-state index is 12.7. The van der Waals surface area contributed by atoms with Crippen LogP contribution in [0, 0.1) is 13.8 Å². The van der Waals surface area contributed by atoms with Crippen LogP contribution in [0.1, 0.15) is 36.2 Å². The van der Waals surface area contributed by atoms with Crippen molar-refractivity contribution in [1.29, 1.82) is 0 Å². The van der Waals surface area contributed by atoms with E-state index in [1.54, 1.807) is 22.7 Å². The summed E-state index contributed by atoms with van der Waals surface area (Å²) < 4.78 is 13.2. The number of fused-ring (bicyclic) bond motifs is 1. The zero-order valence-corrected chi connectivity index (χ0v) is 17.8. The molecule has 0 bridgehead atoms. The summed E-state index contributed by atoms with van der Waals surface area (Å²) in [6.45, 7) is 5.10. The van der Waals surface area contributed by atoms with Gasteiger partial charge < -0.3 is 14.8 Å². The number of aryl methyl sites for hydroxylation is 2. The lowest BCUT2D eigenvalue weighted by Crippen LogP contribution is -2.18. The van der Waals surface area contributed by atoms with Gasteiger partial charge in [-0.05, 0) is 56.9 Å². The number of anilines is 1. The average Bonchev–Trinajstić information content (AvgIpc) is 3.39. The predicted molar refractivity (Wildman–Crippen MR) is 113 cm³/mol. The number of hydrogen-bond donors (Lipinski definition) is 1. The van der Waals surface area contributed by atoms with Crippen molar-refractivity contribution in [3.8, 4) is 5.75 Å². The van der Waals surface area contributed by atoms with E-state index in [-0.39, 0.29) is 12.0 Å². The number of carbonyl (C=O) groups is 1. The number of benzene rings is 1. The van der Waals surface area contributed by atoms with Crippen LogP contribution in [0.3, 0.4) is 0 Å². The first-order valence-corrected chi connectivity index (χ1v) is 10.4. The van der Waals surface area contributed by atoms with Crippen LogP contribution in [0.25, 0.3) is 5.78 Å². The maximum atomic E-state index is 12.7. The lowest BCUT2D eigenvalue weighted by atomic mass is 10.1. The molecular formula is C21H24ClN5O3. The molecule has 30 heavy (non-hydrogen) atoms. The summed E-state index contributed by atoms with van der Waals surface area (Å²) >= 11 is 6.13. The Balaban J connectivity index is 1.42. The Morgan fingerprint density at radius 3 is 3.07 bits per heavy atom. The Hall–Kier alpha value is -2.71. The van der Waals surface area contributed by atoms with Crippen molar-refractivity contribution in [2.24, 2.45) is 0 Å². The number of amides is 1. The van der Waals surface area contributed by atoms with Crippen molar-refractivity contribution in [3.05, 3.63) is 46.5 Å². The van der Waals surface area contributed by atoms with Gasteiger partial charge in [0.1, 0.15) is 18.7 Å². The van der Waals surface area contributed by atoms with Gasteiger partial charge >= 0.3 is 0 Å². The van der Waals surface area contributed by atoms with Crippen LogP contribution < -0.4 is 10.1 Å². The summed E-state index contributed by atoms with van der Waals surface area (Å²) in [5, 5.41) is 7.64.